The van der Waals surface area contributed by atoms with Crippen LogP contribution in [0.25, 0.3) is 22.2 Å². The standard InChI is InChI=1S/C26H26N10O.C2HF3O2/c37-26(30-14-20-6-1-3-9-29-20)22-15-36(35-33-22)10-4-2-5-19-11-21-23(18-12-27-16-28-13-18)24(17-7-8-17)31-25(21)34-32-19;3-2(4,5)1(6)7/h1,3,6,9,11-13,15-17H,2,4-5,7-8,10,14H2,(H,30,37)(H,31,34);(H,6,7). The second-order valence-electron chi connectivity index (χ2n) is 10.0. The quantitative estimate of drug-likeness (QED) is 0.197. The molecule has 1 amide bonds. The van der Waals surface area contributed by atoms with Crippen LogP contribution in [0.5, 0.6) is 0 Å². The molecule has 44 heavy (non-hydrogen) atoms. The number of alkyl halides is 3. The zero-order valence-electron chi connectivity index (χ0n) is 23.2. The number of nitrogens with zero attached hydrogens (tertiary/aromatic N) is 8. The van der Waals surface area contributed by atoms with Crippen molar-refractivity contribution in [3.05, 3.63) is 78.2 Å². The van der Waals surface area contributed by atoms with Gasteiger partial charge in [0.1, 0.15) is 6.33 Å². The summed E-state index contributed by atoms with van der Waals surface area (Å²) in [7, 11) is 0. The molecule has 0 radical (unpaired) electrons. The predicted molar refractivity (Wildman–Crippen MR) is 149 cm³/mol. The number of H-pyrrole nitrogens is 1. The number of carboxylic acid groups (broad SMARTS) is 1. The number of unbranched alkanes of at least 4 members (excludes halogenated alkanes) is 1. The molecule has 3 N–H and O–H groups in total. The Labute approximate surface area is 248 Å². The van der Waals surface area contributed by atoms with Gasteiger partial charge in [-0.2, -0.15) is 18.3 Å². The zero-order valence-corrected chi connectivity index (χ0v) is 23.2. The van der Waals surface area contributed by atoms with E-state index in [1.165, 1.54) is 18.5 Å². The third-order valence-electron chi connectivity index (χ3n) is 6.71. The summed E-state index contributed by atoms with van der Waals surface area (Å²) in [5.41, 5.74) is 6.19. The van der Waals surface area contributed by atoms with Crippen LogP contribution in [0.2, 0.25) is 0 Å². The molecule has 5 aromatic heterocycles. The lowest BCUT2D eigenvalue weighted by Crippen LogP contribution is -2.23. The fraction of sp³-hybridized carbons (Fsp3) is 0.321. The lowest BCUT2D eigenvalue weighted by molar-refractivity contribution is -0.192. The maximum atomic E-state index is 12.4. The highest BCUT2D eigenvalue weighted by Crippen LogP contribution is 2.46. The fourth-order valence-corrected chi connectivity index (χ4v) is 4.45. The summed E-state index contributed by atoms with van der Waals surface area (Å²) in [6.07, 6.45) is 8.49. The summed E-state index contributed by atoms with van der Waals surface area (Å²) >= 11 is 0. The summed E-state index contributed by atoms with van der Waals surface area (Å²) in [5, 5.41) is 28.0. The number of carbonyl (C=O) groups excluding carboxylic acids is 1. The normalized spacial score (nSPS) is 12.9. The summed E-state index contributed by atoms with van der Waals surface area (Å²) < 4.78 is 33.4. The number of nitrogens with one attached hydrogen (secondary N) is 2. The maximum Gasteiger partial charge on any atom is 0.490 e. The van der Waals surface area contributed by atoms with Crippen molar-refractivity contribution in [1.29, 1.82) is 0 Å². The van der Waals surface area contributed by atoms with Crippen LogP contribution in [-0.2, 0) is 24.3 Å². The van der Waals surface area contributed by atoms with Gasteiger partial charge in [0.15, 0.2) is 11.3 Å². The average Bonchev–Trinajstić information content (AvgIpc) is 3.64. The van der Waals surface area contributed by atoms with Crippen molar-refractivity contribution in [1.82, 2.24) is 50.4 Å². The van der Waals surface area contributed by atoms with Gasteiger partial charge >= 0.3 is 12.1 Å². The first kappa shape index (κ1) is 30.2. The van der Waals surface area contributed by atoms with E-state index in [2.05, 4.69) is 51.8 Å². The molecule has 0 spiro atoms. The van der Waals surface area contributed by atoms with Crippen molar-refractivity contribution >= 4 is 22.9 Å². The summed E-state index contributed by atoms with van der Waals surface area (Å²) in [6, 6.07) is 7.71. The number of carbonyl (C=O) groups is 2. The minimum absolute atomic E-state index is 0.267. The van der Waals surface area contributed by atoms with Crippen molar-refractivity contribution in [2.75, 3.05) is 0 Å². The van der Waals surface area contributed by atoms with Gasteiger partial charge in [-0.05, 0) is 56.2 Å². The zero-order chi connectivity index (χ0) is 31.1. The van der Waals surface area contributed by atoms with Gasteiger partial charge in [-0.1, -0.05) is 11.3 Å². The van der Waals surface area contributed by atoms with Crippen molar-refractivity contribution in [2.45, 2.75) is 57.3 Å². The second kappa shape index (κ2) is 13.4. The number of aryl methyl sites for hydroxylation is 2. The molecule has 5 heterocycles. The van der Waals surface area contributed by atoms with E-state index < -0.39 is 12.1 Å². The molecule has 0 aliphatic heterocycles. The number of halogens is 3. The Hall–Kier alpha value is -5.28. The number of hydrogen-bond donors (Lipinski definition) is 3. The third-order valence-corrected chi connectivity index (χ3v) is 6.71. The van der Waals surface area contributed by atoms with Crippen molar-refractivity contribution in [2.24, 2.45) is 0 Å². The monoisotopic (exact) mass is 608 g/mol. The lowest BCUT2D eigenvalue weighted by atomic mass is 10.0. The number of pyridine rings is 1. The highest BCUT2D eigenvalue weighted by molar-refractivity contribution is 5.95. The first-order valence-corrected chi connectivity index (χ1v) is 13.7. The summed E-state index contributed by atoms with van der Waals surface area (Å²) in [5.74, 6) is -2.48. The van der Waals surface area contributed by atoms with E-state index in [-0.39, 0.29) is 5.91 Å². The molecule has 13 nitrogen and oxygen atoms in total. The van der Waals surface area contributed by atoms with Crippen LogP contribution in [0.3, 0.4) is 0 Å². The molecule has 1 aliphatic carbocycles. The van der Waals surface area contributed by atoms with Crippen LogP contribution in [-0.4, -0.2) is 68.3 Å². The van der Waals surface area contributed by atoms with Crippen LogP contribution < -0.4 is 5.32 Å². The summed E-state index contributed by atoms with van der Waals surface area (Å²) in [4.78, 5) is 37.4. The molecule has 6 rings (SSSR count). The molecule has 228 valence electrons. The molecule has 16 heteroatoms. The Bertz CT molecular complexity index is 1720. The average molecular weight is 609 g/mol. The first-order chi connectivity index (χ1) is 21.2. The Balaban J connectivity index is 0.000000493. The molecule has 0 atom stereocenters. The van der Waals surface area contributed by atoms with Crippen molar-refractivity contribution in [3.63, 3.8) is 0 Å². The van der Waals surface area contributed by atoms with Crippen LogP contribution in [0.4, 0.5) is 13.2 Å². The van der Waals surface area contributed by atoms with Gasteiger partial charge in [0.2, 0.25) is 0 Å². The van der Waals surface area contributed by atoms with Crippen LogP contribution >= 0.6 is 0 Å². The number of fused-ring (bicyclic) bond motifs is 1. The lowest BCUT2D eigenvalue weighted by Gasteiger charge is -2.04. The van der Waals surface area contributed by atoms with E-state index in [1.807, 2.05) is 30.6 Å². The van der Waals surface area contributed by atoms with Gasteiger partial charge < -0.3 is 15.4 Å². The predicted octanol–water partition coefficient (Wildman–Crippen LogP) is 3.87. The van der Waals surface area contributed by atoms with Gasteiger partial charge in [-0.15, -0.1) is 10.2 Å². The molecule has 0 bridgehead atoms. The number of aliphatic carboxylic acids is 1. The van der Waals surface area contributed by atoms with E-state index in [9.17, 15) is 18.0 Å². The molecular weight excluding hydrogens is 581 g/mol. The Morgan fingerprint density at radius 2 is 1.84 bits per heavy atom. The molecule has 1 saturated carbocycles. The fourth-order valence-electron chi connectivity index (χ4n) is 4.45. The van der Waals surface area contributed by atoms with Gasteiger partial charge in [-0.25, -0.2) is 14.8 Å². The van der Waals surface area contributed by atoms with E-state index in [0.29, 0.717) is 24.7 Å². The number of carboxylic acids is 1. The van der Waals surface area contributed by atoms with E-state index in [1.54, 1.807) is 23.4 Å². The van der Waals surface area contributed by atoms with E-state index in [4.69, 9.17) is 9.90 Å². The van der Waals surface area contributed by atoms with Gasteiger partial charge in [0.25, 0.3) is 5.91 Å². The van der Waals surface area contributed by atoms with Crippen LogP contribution in [0.1, 0.15) is 59.2 Å². The number of hydrogen-bond acceptors (Lipinski definition) is 9. The minimum Gasteiger partial charge on any atom is -0.475 e. The highest BCUT2D eigenvalue weighted by atomic mass is 19.4. The van der Waals surface area contributed by atoms with E-state index in [0.717, 1.165) is 52.8 Å². The number of aromatic nitrogens is 9. The number of rotatable bonds is 10. The molecule has 5 aromatic rings. The van der Waals surface area contributed by atoms with E-state index >= 15 is 0 Å². The number of amides is 1. The third kappa shape index (κ3) is 7.76. The van der Waals surface area contributed by atoms with Crippen molar-refractivity contribution in [3.8, 4) is 11.1 Å². The summed E-state index contributed by atoms with van der Waals surface area (Å²) in [6.45, 7) is 1.01. The Morgan fingerprint density at radius 1 is 1.07 bits per heavy atom. The maximum absolute atomic E-state index is 12.4. The highest BCUT2D eigenvalue weighted by Gasteiger charge is 2.38. The van der Waals surface area contributed by atoms with Crippen LogP contribution in [0, 0.1) is 0 Å². The molecule has 1 aliphatic rings. The SMILES string of the molecule is O=C(NCc1ccccn1)c1cn(CCCCc2cc3c(-c4cncnc4)c(C4CC4)[nH]c3nn2)nn1.O=C(O)C(F)(F)F. The topological polar surface area (TPSA) is 177 Å². The number of aromatic amines is 1. The molecule has 1 fully saturated rings. The largest absolute Gasteiger partial charge is 0.490 e. The molecule has 0 saturated heterocycles. The van der Waals surface area contributed by atoms with Crippen LogP contribution in [0.15, 0.2) is 55.4 Å². The smallest absolute Gasteiger partial charge is 0.475 e. The van der Waals surface area contributed by atoms with Gasteiger partial charge in [0.05, 0.1) is 24.1 Å². The van der Waals surface area contributed by atoms with Crippen molar-refractivity contribution < 1.29 is 27.9 Å². The minimum atomic E-state index is -5.08. The first-order valence-electron chi connectivity index (χ1n) is 13.7. The second-order valence-corrected chi connectivity index (χ2v) is 10.0. The molecular formula is C28H27F3N10O3. The molecule has 0 aromatic carbocycles. The van der Waals surface area contributed by atoms with Gasteiger partial charge in [0, 0.05) is 47.3 Å². The molecule has 0 unspecified atom stereocenters. The Morgan fingerprint density at radius 3 is 2.52 bits per heavy atom. The van der Waals surface area contributed by atoms with Gasteiger partial charge in [-0.3, -0.25) is 14.5 Å². The Kier molecular flexibility index (Phi) is 9.16.